The van der Waals surface area contributed by atoms with Crippen LogP contribution in [0, 0.1) is 0 Å². The average Bonchev–Trinajstić information content (AvgIpc) is 3.38. The number of halogens is 2. The molecule has 4 aromatic rings. The van der Waals surface area contributed by atoms with Gasteiger partial charge in [-0.15, -0.1) is 10.2 Å². The number of anilines is 1. The third kappa shape index (κ3) is 4.00. The van der Waals surface area contributed by atoms with Crippen molar-refractivity contribution in [3.63, 3.8) is 0 Å². The van der Waals surface area contributed by atoms with Crippen molar-refractivity contribution < 1.29 is 9.59 Å². The number of carbonyl (C=O) groups excluding carboxylic acids is 2. The summed E-state index contributed by atoms with van der Waals surface area (Å²) in [6.45, 7) is 2.72. The first-order chi connectivity index (χ1) is 16.5. The molecule has 0 atom stereocenters. The van der Waals surface area contributed by atoms with Crippen molar-refractivity contribution in [2.45, 2.75) is 24.4 Å². The number of nitrogens with zero attached hydrogens (tertiary/aromatic N) is 4. The van der Waals surface area contributed by atoms with E-state index in [2.05, 4.69) is 10.2 Å². The summed E-state index contributed by atoms with van der Waals surface area (Å²) in [6.07, 6.45) is 0. The molecular weight excluding hydrogens is 491 g/mol. The molecule has 9 heteroatoms. The molecule has 0 fully saturated rings. The number of aromatic nitrogens is 3. The number of carbonyl (C=O) groups is 2. The van der Waals surface area contributed by atoms with E-state index >= 15 is 0 Å². The second-order valence-corrected chi connectivity index (χ2v) is 9.38. The van der Waals surface area contributed by atoms with Gasteiger partial charge in [0.05, 0.1) is 26.9 Å². The number of amides is 2. The molecule has 170 valence electrons. The van der Waals surface area contributed by atoms with Crippen LogP contribution >= 0.6 is 35.0 Å². The third-order valence-corrected chi connectivity index (χ3v) is 7.34. The van der Waals surface area contributed by atoms with Crippen molar-refractivity contribution in [3.05, 3.63) is 93.5 Å². The zero-order chi connectivity index (χ0) is 23.8. The van der Waals surface area contributed by atoms with E-state index in [-0.39, 0.29) is 11.8 Å². The molecule has 0 saturated heterocycles. The Labute approximate surface area is 210 Å². The van der Waals surface area contributed by atoms with Crippen LogP contribution in [0.1, 0.15) is 33.2 Å². The molecule has 34 heavy (non-hydrogen) atoms. The third-order valence-electron chi connectivity index (χ3n) is 5.56. The molecule has 1 aromatic heterocycles. The maximum absolute atomic E-state index is 12.8. The summed E-state index contributed by atoms with van der Waals surface area (Å²) in [5, 5.41) is 10.6. The van der Waals surface area contributed by atoms with Gasteiger partial charge in [-0.25, -0.2) is 4.90 Å². The molecule has 6 nitrogen and oxygen atoms in total. The van der Waals surface area contributed by atoms with Crippen LogP contribution in [0.2, 0.25) is 10.0 Å². The zero-order valence-electron chi connectivity index (χ0n) is 18.0. The number of hydrogen-bond donors (Lipinski definition) is 0. The molecule has 2 amide bonds. The summed E-state index contributed by atoms with van der Waals surface area (Å²) < 4.78 is 2.03. The highest BCUT2D eigenvalue weighted by molar-refractivity contribution is 7.98. The van der Waals surface area contributed by atoms with Crippen LogP contribution in [-0.2, 0) is 12.3 Å². The standard InChI is InChI=1S/C25H18Cl2N4O2S/c1-2-30-22(28-29-25(30)34-14-15-7-12-20(26)21(27)13-15)16-8-10-17(11-9-16)31-23(32)18-5-3-4-6-19(18)24(31)33/h3-13H,2,14H2,1H3. The second kappa shape index (κ2) is 9.25. The molecule has 5 rings (SSSR count). The van der Waals surface area contributed by atoms with Gasteiger partial charge in [0, 0.05) is 17.9 Å². The summed E-state index contributed by atoms with van der Waals surface area (Å²) in [4.78, 5) is 26.7. The van der Waals surface area contributed by atoms with Crippen molar-refractivity contribution in [1.29, 1.82) is 0 Å². The maximum atomic E-state index is 12.8. The minimum atomic E-state index is -0.314. The van der Waals surface area contributed by atoms with Crippen LogP contribution in [0.3, 0.4) is 0 Å². The molecular formula is C25H18Cl2N4O2S. The van der Waals surface area contributed by atoms with Crippen molar-refractivity contribution in [2.24, 2.45) is 0 Å². The van der Waals surface area contributed by atoms with Gasteiger partial charge < -0.3 is 4.57 Å². The molecule has 3 aromatic carbocycles. The van der Waals surface area contributed by atoms with Gasteiger partial charge in [0.15, 0.2) is 11.0 Å². The lowest BCUT2D eigenvalue weighted by Crippen LogP contribution is -2.29. The van der Waals surface area contributed by atoms with Gasteiger partial charge in [-0.1, -0.05) is 53.2 Å². The molecule has 0 spiro atoms. The molecule has 0 radical (unpaired) electrons. The highest BCUT2D eigenvalue weighted by Gasteiger charge is 2.36. The number of rotatable bonds is 6. The Morgan fingerprint density at radius 3 is 2.15 bits per heavy atom. The summed E-state index contributed by atoms with van der Waals surface area (Å²) in [5.74, 6) is 0.762. The molecule has 1 aliphatic rings. The van der Waals surface area contributed by atoms with Gasteiger partial charge in [-0.2, -0.15) is 0 Å². The van der Waals surface area contributed by atoms with Crippen LogP contribution in [0.25, 0.3) is 11.4 Å². The first-order valence-corrected chi connectivity index (χ1v) is 12.3. The summed E-state index contributed by atoms with van der Waals surface area (Å²) in [5.41, 5.74) is 3.25. The van der Waals surface area contributed by atoms with E-state index in [1.165, 1.54) is 4.90 Å². The zero-order valence-corrected chi connectivity index (χ0v) is 20.4. The van der Waals surface area contributed by atoms with Gasteiger partial charge in [0.2, 0.25) is 0 Å². The normalized spacial score (nSPS) is 13.0. The summed E-state index contributed by atoms with van der Waals surface area (Å²) in [6, 6.07) is 19.6. The SMILES string of the molecule is CCn1c(SCc2ccc(Cl)c(Cl)c2)nnc1-c1ccc(N2C(=O)c3ccccc3C2=O)cc1. The van der Waals surface area contributed by atoms with Crippen LogP contribution in [0.5, 0.6) is 0 Å². The van der Waals surface area contributed by atoms with Gasteiger partial charge in [-0.3, -0.25) is 9.59 Å². The Hall–Kier alpha value is -3.13. The van der Waals surface area contributed by atoms with Gasteiger partial charge in [0.25, 0.3) is 11.8 Å². The summed E-state index contributed by atoms with van der Waals surface area (Å²) >= 11 is 13.7. The number of benzene rings is 3. The highest BCUT2D eigenvalue weighted by atomic mass is 35.5. The van der Waals surface area contributed by atoms with E-state index in [1.54, 1.807) is 54.2 Å². The van der Waals surface area contributed by atoms with Crippen LogP contribution in [0.15, 0.2) is 71.9 Å². The monoisotopic (exact) mass is 508 g/mol. The van der Waals surface area contributed by atoms with Gasteiger partial charge >= 0.3 is 0 Å². The number of fused-ring (bicyclic) bond motifs is 1. The predicted molar refractivity (Wildman–Crippen MR) is 135 cm³/mol. The molecule has 0 saturated carbocycles. The van der Waals surface area contributed by atoms with Crippen molar-refractivity contribution in [3.8, 4) is 11.4 Å². The minimum absolute atomic E-state index is 0.314. The predicted octanol–water partition coefficient (Wildman–Crippen LogP) is 6.36. The quantitative estimate of drug-likeness (QED) is 0.223. The Balaban J connectivity index is 1.37. The minimum Gasteiger partial charge on any atom is -0.302 e. The van der Waals surface area contributed by atoms with E-state index in [4.69, 9.17) is 23.2 Å². The van der Waals surface area contributed by atoms with E-state index in [0.29, 0.717) is 45.0 Å². The van der Waals surface area contributed by atoms with Gasteiger partial charge in [0.1, 0.15) is 0 Å². The molecule has 0 bridgehead atoms. The molecule has 0 unspecified atom stereocenters. The Morgan fingerprint density at radius 1 is 0.853 bits per heavy atom. The smallest absolute Gasteiger partial charge is 0.266 e. The van der Waals surface area contributed by atoms with Crippen molar-refractivity contribution >= 4 is 52.5 Å². The number of imide groups is 1. The van der Waals surface area contributed by atoms with Crippen LogP contribution < -0.4 is 4.90 Å². The average molecular weight is 509 g/mol. The summed E-state index contributed by atoms with van der Waals surface area (Å²) in [7, 11) is 0. The number of hydrogen-bond acceptors (Lipinski definition) is 5. The van der Waals surface area contributed by atoms with Gasteiger partial charge in [-0.05, 0) is 61.0 Å². The molecule has 2 heterocycles. The lowest BCUT2D eigenvalue weighted by molar-refractivity contribution is 0.0926. The second-order valence-electron chi connectivity index (χ2n) is 7.63. The maximum Gasteiger partial charge on any atom is 0.266 e. The largest absolute Gasteiger partial charge is 0.302 e. The van der Waals surface area contributed by atoms with E-state index in [0.717, 1.165) is 16.3 Å². The first kappa shape index (κ1) is 22.7. The highest BCUT2D eigenvalue weighted by Crippen LogP contribution is 2.32. The molecule has 1 aliphatic heterocycles. The lowest BCUT2D eigenvalue weighted by Gasteiger charge is -2.14. The fraction of sp³-hybridized carbons (Fsp3) is 0.120. The topological polar surface area (TPSA) is 68.1 Å². The molecule has 0 N–H and O–H groups in total. The van der Waals surface area contributed by atoms with Crippen LogP contribution in [-0.4, -0.2) is 26.6 Å². The van der Waals surface area contributed by atoms with E-state index < -0.39 is 0 Å². The fourth-order valence-electron chi connectivity index (χ4n) is 3.85. The Bertz CT molecular complexity index is 1380. The Morgan fingerprint density at radius 2 is 1.53 bits per heavy atom. The van der Waals surface area contributed by atoms with Crippen molar-refractivity contribution in [2.75, 3.05) is 4.90 Å². The van der Waals surface area contributed by atoms with E-state index in [9.17, 15) is 9.59 Å². The number of thioether (sulfide) groups is 1. The van der Waals surface area contributed by atoms with Crippen LogP contribution in [0.4, 0.5) is 5.69 Å². The Kier molecular flexibility index (Phi) is 6.16. The van der Waals surface area contributed by atoms with Crippen molar-refractivity contribution in [1.82, 2.24) is 14.8 Å². The molecule has 0 aliphatic carbocycles. The first-order valence-electron chi connectivity index (χ1n) is 10.6. The fourth-order valence-corrected chi connectivity index (χ4v) is 5.12. The van der Waals surface area contributed by atoms with E-state index in [1.807, 2.05) is 35.8 Å². The lowest BCUT2D eigenvalue weighted by atomic mass is 10.1.